The van der Waals surface area contributed by atoms with E-state index in [9.17, 15) is 18.4 Å². The van der Waals surface area contributed by atoms with E-state index in [1.807, 2.05) is 0 Å². The van der Waals surface area contributed by atoms with Crippen molar-refractivity contribution < 1.29 is 13.5 Å². The number of aromatic hydroxyl groups is 1. The molecule has 1 saturated heterocycles. The predicted molar refractivity (Wildman–Crippen MR) is 90.1 cm³/mol. The molecule has 0 unspecified atom stereocenters. The summed E-state index contributed by atoms with van der Waals surface area (Å²) >= 11 is 0. The number of nitrogens with one attached hydrogen (secondary N) is 1. The van der Waals surface area contributed by atoms with Gasteiger partial charge in [0.2, 0.25) is 15.9 Å². The summed E-state index contributed by atoms with van der Waals surface area (Å²) in [6.45, 7) is 1.07. The van der Waals surface area contributed by atoms with Gasteiger partial charge in [0.15, 0.2) is 5.69 Å². The molecule has 0 amide bonds. The van der Waals surface area contributed by atoms with Gasteiger partial charge >= 0.3 is 0 Å². The highest BCUT2D eigenvalue weighted by Crippen LogP contribution is 2.42. The minimum absolute atomic E-state index is 0.115. The molecular weight excluding hydrogens is 330 g/mol. The van der Waals surface area contributed by atoms with E-state index in [4.69, 9.17) is 0 Å². The first kappa shape index (κ1) is 15.6. The van der Waals surface area contributed by atoms with Crippen LogP contribution < -0.4 is 0 Å². The van der Waals surface area contributed by atoms with E-state index in [0.717, 1.165) is 43.2 Å². The summed E-state index contributed by atoms with van der Waals surface area (Å²) in [6, 6.07) is 1.51. The zero-order valence-corrected chi connectivity index (χ0v) is 14.0. The Kier molecular flexibility index (Phi) is 3.61. The molecule has 0 radical (unpaired) electrons. The first-order valence-corrected chi connectivity index (χ1v) is 9.71. The quantitative estimate of drug-likeness (QED) is 0.832. The van der Waals surface area contributed by atoms with Gasteiger partial charge in [-0.15, -0.1) is 4.91 Å². The second-order valence-electron chi connectivity index (χ2n) is 6.49. The molecule has 4 rings (SSSR count). The van der Waals surface area contributed by atoms with Gasteiger partial charge in [-0.1, -0.05) is 0 Å². The maximum Gasteiger partial charge on any atom is 0.243 e. The molecule has 0 atom stereocenters. The molecule has 0 spiro atoms. The van der Waals surface area contributed by atoms with Crippen molar-refractivity contribution in [2.75, 3.05) is 13.1 Å². The van der Waals surface area contributed by atoms with Crippen molar-refractivity contribution in [1.29, 1.82) is 0 Å². The van der Waals surface area contributed by atoms with Gasteiger partial charge in [0, 0.05) is 18.5 Å². The summed E-state index contributed by atoms with van der Waals surface area (Å²) in [7, 11) is -3.59. The lowest BCUT2D eigenvalue weighted by atomic mass is 9.90. The molecule has 128 valence electrons. The lowest BCUT2D eigenvalue weighted by molar-refractivity contribution is 0.460. The third-order valence-corrected chi connectivity index (χ3v) is 7.07. The van der Waals surface area contributed by atoms with Crippen LogP contribution >= 0.6 is 0 Å². The summed E-state index contributed by atoms with van der Waals surface area (Å²) in [6.07, 6.45) is 5.06. The Labute approximate surface area is 139 Å². The number of hydrogen-bond donors (Lipinski definition) is 2. The number of benzene rings is 1. The second-order valence-corrected chi connectivity index (χ2v) is 8.39. The van der Waals surface area contributed by atoms with Crippen LogP contribution in [0, 0.1) is 4.91 Å². The monoisotopic (exact) mass is 349 g/mol. The first-order chi connectivity index (χ1) is 11.5. The molecule has 1 aliphatic carbocycles. The number of nitroso groups, excluding NO2 is 1. The van der Waals surface area contributed by atoms with Crippen LogP contribution in [0.4, 0.5) is 5.69 Å². The number of hydrogen-bond acceptors (Lipinski definition) is 5. The van der Waals surface area contributed by atoms with E-state index in [1.165, 1.54) is 10.4 Å². The lowest BCUT2D eigenvalue weighted by Crippen LogP contribution is -2.29. The molecule has 7 nitrogen and oxygen atoms in total. The Hall–Kier alpha value is -1.93. The van der Waals surface area contributed by atoms with Crippen molar-refractivity contribution in [1.82, 2.24) is 9.29 Å². The van der Waals surface area contributed by atoms with Crippen LogP contribution in [-0.4, -0.2) is 35.9 Å². The zero-order chi connectivity index (χ0) is 16.9. The van der Waals surface area contributed by atoms with Crippen LogP contribution in [0.2, 0.25) is 0 Å². The maximum absolute atomic E-state index is 13.1. The van der Waals surface area contributed by atoms with Gasteiger partial charge in [-0.25, -0.2) is 8.42 Å². The van der Waals surface area contributed by atoms with Gasteiger partial charge in [-0.05, 0) is 60.9 Å². The van der Waals surface area contributed by atoms with Crippen molar-refractivity contribution in [2.24, 2.45) is 5.18 Å². The number of aromatic nitrogens is 1. The van der Waals surface area contributed by atoms with Crippen molar-refractivity contribution >= 4 is 26.6 Å². The number of H-pyrrole nitrogens is 1. The molecule has 2 heterocycles. The van der Waals surface area contributed by atoms with Gasteiger partial charge in [-0.2, -0.15) is 4.31 Å². The number of rotatable bonds is 3. The fraction of sp³-hybridized carbons (Fsp3) is 0.500. The number of sulfonamides is 1. The van der Waals surface area contributed by atoms with Crippen molar-refractivity contribution in [3.8, 4) is 5.88 Å². The summed E-state index contributed by atoms with van der Waals surface area (Å²) in [5, 5.41) is 13.2. The van der Waals surface area contributed by atoms with Crippen LogP contribution in [0.25, 0.3) is 10.9 Å². The van der Waals surface area contributed by atoms with Crippen molar-refractivity contribution in [3.63, 3.8) is 0 Å². The molecule has 8 heteroatoms. The van der Waals surface area contributed by atoms with E-state index in [-0.39, 0.29) is 16.5 Å². The van der Waals surface area contributed by atoms with Gasteiger partial charge in [-0.3, -0.25) is 0 Å². The molecule has 2 N–H and O–H groups in total. The molecular formula is C16H19N3O4S. The Morgan fingerprint density at radius 2 is 1.75 bits per heavy atom. The third kappa shape index (κ3) is 2.16. The van der Waals surface area contributed by atoms with Crippen LogP contribution in [0.5, 0.6) is 5.88 Å². The normalized spacial score (nSPS) is 18.8. The van der Waals surface area contributed by atoms with Crippen molar-refractivity contribution in [3.05, 3.63) is 22.1 Å². The van der Waals surface area contributed by atoms with Crippen molar-refractivity contribution in [2.45, 2.75) is 43.4 Å². The average Bonchev–Trinajstić information content (AvgIpc) is 3.21. The first-order valence-electron chi connectivity index (χ1n) is 8.27. The molecule has 1 aromatic heterocycles. The number of aromatic amines is 1. The van der Waals surface area contributed by atoms with Crippen LogP contribution in [-0.2, 0) is 22.9 Å². The van der Waals surface area contributed by atoms with Crippen LogP contribution in [0.15, 0.2) is 16.1 Å². The average molecular weight is 349 g/mol. The fourth-order valence-electron chi connectivity index (χ4n) is 3.93. The zero-order valence-electron chi connectivity index (χ0n) is 13.2. The Morgan fingerprint density at radius 1 is 1.08 bits per heavy atom. The number of nitrogens with zero attached hydrogens (tertiary/aromatic N) is 2. The number of aryl methyl sites for hydroxylation is 1. The highest BCUT2D eigenvalue weighted by atomic mass is 32.2. The summed E-state index contributed by atoms with van der Waals surface area (Å²) in [5.74, 6) is -0.302. The molecule has 24 heavy (non-hydrogen) atoms. The Morgan fingerprint density at radius 3 is 2.42 bits per heavy atom. The molecule has 1 aliphatic heterocycles. The summed E-state index contributed by atoms with van der Waals surface area (Å²) in [4.78, 5) is 14.2. The van der Waals surface area contributed by atoms with Gasteiger partial charge < -0.3 is 10.1 Å². The Bertz CT molecular complexity index is 927. The van der Waals surface area contributed by atoms with E-state index < -0.39 is 10.0 Å². The van der Waals surface area contributed by atoms with Gasteiger partial charge in [0.05, 0.1) is 10.4 Å². The van der Waals surface area contributed by atoms with Crippen LogP contribution in [0.3, 0.4) is 0 Å². The largest absolute Gasteiger partial charge is 0.493 e. The third-order valence-electron chi connectivity index (χ3n) is 5.11. The van der Waals surface area contributed by atoms with Gasteiger partial charge in [0.1, 0.15) is 0 Å². The minimum atomic E-state index is -3.59. The lowest BCUT2D eigenvalue weighted by Gasteiger charge is -2.23. The molecule has 2 aliphatic rings. The smallest absolute Gasteiger partial charge is 0.243 e. The topological polar surface area (TPSA) is 103 Å². The SMILES string of the molecule is O=Nc1c(O)[nH]c2c3c(c(S(=O)(=O)N4CCCC4)cc12)CCCC3. The van der Waals surface area contributed by atoms with Crippen LogP contribution in [0.1, 0.15) is 36.8 Å². The Balaban J connectivity index is 2.03. The van der Waals surface area contributed by atoms with E-state index in [2.05, 4.69) is 10.2 Å². The second kappa shape index (κ2) is 5.56. The molecule has 0 bridgehead atoms. The fourth-order valence-corrected chi connectivity index (χ4v) is 5.75. The van der Waals surface area contributed by atoms with E-state index in [1.54, 1.807) is 0 Å². The standard InChI is InChI=1S/C16H19N3O4S/c20-16-15(18-21)12-9-13(24(22,23)19-7-3-4-8-19)10-5-1-2-6-11(10)14(12)17-16/h9,17,20H,1-8H2. The van der Waals surface area contributed by atoms with E-state index in [0.29, 0.717) is 30.4 Å². The highest BCUT2D eigenvalue weighted by Gasteiger charge is 2.33. The number of fused-ring (bicyclic) bond motifs is 3. The molecule has 0 saturated carbocycles. The van der Waals surface area contributed by atoms with E-state index >= 15 is 0 Å². The highest BCUT2D eigenvalue weighted by molar-refractivity contribution is 7.89. The molecule has 1 aromatic carbocycles. The predicted octanol–water partition coefficient (Wildman–Crippen LogP) is 2.93. The summed E-state index contributed by atoms with van der Waals surface area (Å²) in [5.41, 5.74) is 2.23. The van der Waals surface area contributed by atoms with Gasteiger partial charge in [0.25, 0.3) is 0 Å². The minimum Gasteiger partial charge on any atom is -0.493 e. The molecule has 2 aromatic rings. The maximum atomic E-state index is 13.1. The summed E-state index contributed by atoms with van der Waals surface area (Å²) < 4.78 is 27.7. The molecule has 1 fully saturated rings.